The van der Waals surface area contributed by atoms with Gasteiger partial charge in [-0.15, -0.1) is 6.58 Å². The number of benzene rings is 1. The molecule has 0 heterocycles. The predicted octanol–water partition coefficient (Wildman–Crippen LogP) is 1.82. The molecule has 0 amide bonds. The molecule has 1 aromatic rings. The summed E-state index contributed by atoms with van der Waals surface area (Å²) in [6.07, 6.45) is 2.26. The molecule has 94 valence electrons. The van der Waals surface area contributed by atoms with Gasteiger partial charge in [0.2, 0.25) is 10.0 Å². The summed E-state index contributed by atoms with van der Waals surface area (Å²) in [6.45, 7) is 7.12. The van der Waals surface area contributed by atoms with Gasteiger partial charge in [0.05, 0.1) is 4.90 Å². The molecule has 0 aliphatic heterocycles. The van der Waals surface area contributed by atoms with Crippen LogP contribution in [0.4, 0.5) is 5.69 Å². The lowest BCUT2D eigenvalue weighted by Crippen LogP contribution is -2.32. The highest BCUT2D eigenvalue weighted by Gasteiger charge is 2.19. The minimum atomic E-state index is -3.51. The number of hydrogen-bond acceptors (Lipinski definition) is 3. The van der Waals surface area contributed by atoms with Crippen molar-refractivity contribution in [1.29, 1.82) is 0 Å². The lowest BCUT2D eigenvalue weighted by Gasteiger charge is -2.14. The van der Waals surface area contributed by atoms with Crippen molar-refractivity contribution in [3.05, 3.63) is 36.4 Å². The summed E-state index contributed by atoms with van der Waals surface area (Å²) in [6, 6.07) is 4.67. The molecule has 3 N–H and O–H groups in total. The number of aryl methyl sites for hydroxylation is 1. The van der Waals surface area contributed by atoms with Crippen LogP contribution in [0, 0.1) is 6.92 Å². The maximum Gasteiger partial charge on any atom is 0.241 e. The van der Waals surface area contributed by atoms with Gasteiger partial charge in [-0.3, -0.25) is 0 Å². The van der Waals surface area contributed by atoms with Crippen LogP contribution in [0.3, 0.4) is 0 Å². The van der Waals surface area contributed by atoms with E-state index in [0.29, 0.717) is 17.7 Å². The van der Waals surface area contributed by atoms with Crippen molar-refractivity contribution < 1.29 is 8.42 Å². The van der Waals surface area contributed by atoms with Gasteiger partial charge in [-0.25, -0.2) is 13.1 Å². The number of nitrogens with two attached hydrogens (primary N) is 1. The molecule has 0 saturated carbocycles. The molecule has 5 heteroatoms. The third-order valence-electron chi connectivity index (χ3n) is 2.38. The molecule has 0 spiro atoms. The zero-order valence-electron chi connectivity index (χ0n) is 10.1. The molecule has 0 saturated heterocycles. The molecular formula is C12H18N2O2S. The van der Waals surface area contributed by atoms with E-state index >= 15 is 0 Å². The molecule has 0 fully saturated rings. The van der Waals surface area contributed by atoms with E-state index in [9.17, 15) is 8.42 Å². The minimum absolute atomic E-state index is 0.182. The zero-order valence-corrected chi connectivity index (χ0v) is 10.9. The predicted molar refractivity (Wildman–Crippen MR) is 70.2 cm³/mol. The van der Waals surface area contributed by atoms with Crippen LogP contribution in [0.25, 0.3) is 0 Å². The number of anilines is 1. The molecule has 1 rings (SSSR count). The van der Waals surface area contributed by atoms with E-state index in [1.165, 1.54) is 6.07 Å². The second-order valence-corrected chi connectivity index (χ2v) is 5.75. The van der Waals surface area contributed by atoms with E-state index in [2.05, 4.69) is 11.3 Å². The Kier molecular flexibility index (Phi) is 4.31. The van der Waals surface area contributed by atoms with Crippen molar-refractivity contribution in [2.45, 2.75) is 31.2 Å². The summed E-state index contributed by atoms with van der Waals surface area (Å²) in [4.78, 5) is 0.230. The summed E-state index contributed by atoms with van der Waals surface area (Å²) in [5.74, 6) is 0. The molecule has 0 aliphatic carbocycles. The van der Waals surface area contributed by atoms with Crippen LogP contribution in [-0.2, 0) is 10.0 Å². The Labute approximate surface area is 103 Å². The Morgan fingerprint density at radius 2 is 2.18 bits per heavy atom. The molecule has 1 unspecified atom stereocenters. The highest BCUT2D eigenvalue weighted by atomic mass is 32.2. The van der Waals surface area contributed by atoms with Crippen molar-refractivity contribution in [3.8, 4) is 0 Å². The lowest BCUT2D eigenvalue weighted by atomic mass is 10.2. The Bertz CT molecular complexity index is 509. The molecule has 0 aliphatic rings. The Morgan fingerprint density at radius 3 is 2.76 bits per heavy atom. The number of sulfonamides is 1. The number of hydrogen-bond donors (Lipinski definition) is 2. The van der Waals surface area contributed by atoms with Crippen LogP contribution in [0.5, 0.6) is 0 Å². The van der Waals surface area contributed by atoms with E-state index in [1.54, 1.807) is 32.1 Å². The van der Waals surface area contributed by atoms with E-state index in [1.807, 2.05) is 0 Å². The molecule has 0 bridgehead atoms. The first-order chi connectivity index (χ1) is 7.86. The largest absolute Gasteiger partial charge is 0.399 e. The van der Waals surface area contributed by atoms with Gasteiger partial charge in [-0.05, 0) is 38.0 Å². The topological polar surface area (TPSA) is 72.2 Å². The van der Waals surface area contributed by atoms with E-state index in [-0.39, 0.29) is 10.9 Å². The lowest BCUT2D eigenvalue weighted by molar-refractivity contribution is 0.561. The number of nitrogen functional groups attached to an aromatic ring is 1. The Morgan fingerprint density at radius 1 is 1.53 bits per heavy atom. The second-order valence-electron chi connectivity index (χ2n) is 4.07. The molecule has 1 aromatic carbocycles. The normalized spacial score (nSPS) is 13.3. The van der Waals surface area contributed by atoms with E-state index in [4.69, 9.17) is 5.73 Å². The van der Waals surface area contributed by atoms with Crippen LogP contribution in [-0.4, -0.2) is 14.5 Å². The zero-order chi connectivity index (χ0) is 13.1. The fourth-order valence-corrected chi connectivity index (χ4v) is 3.07. The third kappa shape index (κ3) is 3.57. The van der Waals surface area contributed by atoms with Crippen molar-refractivity contribution in [2.24, 2.45) is 0 Å². The fraction of sp³-hybridized carbons (Fsp3) is 0.333. The van der Waals surface area contributed by atoms with Crippen molar-refractivity contribution in [2.75, 3.05) is 5.73 Å². The van der Waals surface area contributed by atoms with Gasteiger partial charge in [0.25, 0.3) is 0 Å². The van der Waals surface area contributed by atoms with Crippen LogP contribution >= 0.6 is 0 Å². The third-order valence-corrected chi connectivity index (χ3v) is 4.11. The van der Waals surface area contributed by atoms with Gasteiger partial charge in [-0.1, -0.05) is 12.1 Å². The SMILES string of the molecule is C=CCC(C)NS(=O)(=O)c1cc(N)ccc1C. The highest BCUT2D eigenvalue weighted by molar-refractivity contribution is 7.89. The van der Waals surface area contributed by atoms with Crippen molar-refractivity contribution in [1.82, 2.24) is 4.72 Å². The Balaban J connectivity index is 3.04. The smallest absolute Gasteiger partial charge is 0.241 e. The molecular weight excluding hydrogens is 236 g/mol. The van der Waals surface area contributed by atoms with Gasteiger partial charge in [0, 0.05) is 11.7 Å². The number of nitrogens with one attached hydrogen (secondary N) is 1. The quantitative estimate of drug-likeness (QED) is 0.622. The first-order valence-electron chi connectivity index (χ1n) is 5.36. The van der Waals surface area contributed by atoms with Gasteiger partial charge in [0.15, 0.2) is 0 Å². The molecule has 1 atom stereocenters. The second kappa shape index (κ2) is 5.33. The number of rotatable bonds is 5. The first-order valence-corrected chi connectivity index (χ1v) is 6.84. The average molecular weight is 254 g/mol. The van der Waals surface area contributed by atoms with Gasteiger partial charge in [-0.2, -0.15) is 0 Å². The minimum Gasteiger partial charge on any atom is -0.399 e. The van der Waals surface area contributed by atoms with Crippen LogP contribution < -0.4 is 10.5 Å². The van der Waals surface area contributed by atoms with Gasteiger partial charge < -0.3 is 5.73 Å². The maximum atomic E-state index is 12.1. The van der Waals surface area contributed by atoms with Gasteiger partial charge >= 0.3 is 0 Å². The standard InChI is InChI=1S/C12H18N2O2S/c1-4-5-10(3)14-17(15,16)12-8-11(13)7-6-9(12)2/h4,6-8,10,14H,1,5,13H2,2-3H3. The molecule has 0 aromatic heterocycles. The summed E-state index contributed by atoms with van der Waals surface area (Å²) in [7, 11) is -3.51. The van der Waals surface area contributed by atoms with Crippen LogP contribution in [0.1, 0.15) is 18.9 Å². The maximum absolute atomic E-state index is 12.1. The molecule has 17 heavy (non-hydrogen) atoms. The molecule has 0 radical (unpaired) electrons. The first kappa shape index (κ1) is 13.7. The molecule has 4 nitrogen and oxygen atoms in total. The van der Waals surface area contributed by atoms with Crippen molar-refractivity contribution >= 4 is 15.7 Å². The van der Waals surface area contributed by atoms with E-state index < -0.39 is 10.0 Å². The summed E-state index contributed by atoms with van der Waals surface area (Å²) in [5, 5.41) is 0. The van der Waals surface area contributed by atoms with Crippen molar-refractivity contribution in [3.63, 3.8) is 0 Å². The highest BCUT2D eigenvalue weighted by Crippen LogP contribution is 2.18. The average Bonchev–Trinajstić information content (AvgIpc) is 2.21. The van der Waals surface area contributed by atoms with Crippen LogP contribution in [0.2, 0.25) is 0 Å². The summed E-state index contributed by atoms with van der Waals surface area (Å²) < 4.78 is 26.8. The summed E-state index contributed by atoms with van der Waals surface area (Å²) >= 11 is 0. The fourth-order valence-electron chi connectivity index (χ4n) is 1.53. The Hall–Kier alpha value is -1.33. The summed E-state index contributed by atoms with van der Waals surface area (Å²) in [5.41, 5.74) is 6.72. The monoisotopic (exact) mass is 254 g/mol. The van der Waals surface area contributed by atoms with E-state index in [0.717, 1.165) is 0 Å². The van der Waals surface area contributed by atoms with Crippen LogP contribution in [0.15, 0.2) is 35.7 Å². The van der Waals surface area contributed by atoms with Gasteiger partial charge in [0.1, 0.15) is 0 Å².